The molecule has 0 atom stereocenters. The Kier molecular flexibility index (Phi) is 4.75. The molecule has 0 bridgehead atoms. The van der Waals surface area contributed by atoms with Gasteiger partial charge in [-0.05, 0) is 23.6 Å². The number of benzene rings is 1. The topological polar surface area (TPSA) is 118 Å². The van der Waals surface area contributed by atoms with Crippen LogP contribution in [0.3, 0.4) is 0 Å². The summed E-state index contributed by atoms with van der Waals surface area (Å²) in [7, 11) is -4.63. The Balaban J connectivity index is 3.20. The van der Waals surface area contributed by atoms with Gasteiger partial charge in [0, 0.05) is 0 Å². The Morgan fingerprint density at radius 3 is 2.10 bits per heavy atom. The number of aromatic carboxylic acids is 1. The van der Waals surface area contributed by atoms with Gasteiger partial charge in [0.1, 0.15) is 0 Å². The van der Waals surface area contributed by atoms with Gasteiger partial charge >= 0.3 is 11.9 Å². The molecule has 1 aromatic carbocycles. The van der Waals surface area contributed by atoms with Gasteiger partial charge in [0.2, 0.25) is 0 Å². The Bertz CT molecular complexity index is 668. The maximum Gasteiger partial charge on any atom is 0.338 e. The van der Waals surface area contributed by atoms with Gasteiger partial charge in [-0.3, -0.25) is 4.55 Å². The van der Waals surface area contributed by atoms with Crippen molar-refractivity contribution < 1.29 is 32.4 Å². The van der Waals surface area contributed by atoms with Crippen molar-refractivity contribution in [2.45, 2.75) is 25.7 Å². The first-order valence-corrected chi connectivity index (χ1v) is 7.37. The van der Waals surface area contributed by atoms with Crippen LogP contribution in [0.1, 0.15) is 41.5 Å². The molecule has 0 spiro atoms. The first-order chi connectivity index (χ1) is 9.40. The van der Waals surface area contributed by atoms with E-state index in [-0.39, 0.29) is 17.6 Å². The Morgan fingerprint density at radius 2 is 1.67 bits per heavy atom. The van der Waals surface area contributed by atoms with Crippen LogP contribution < -0.4 is 0 Å². The van der Waals surface area contributed by atoms with Gasteiger partial charge in [-0.1, -0.05) is 20.8 Å². The molecular formula is C13H16O7S. The molecule has 1 rings (SSSR count). The summed E-state index contributed by atoms with van der Waals surface area (Å²) in [6.45, 7) is 5.57. The van der Waals surface area contributed by atoms with Crippen LogP contribution >= 0.6 is 0 Å². The molecule has 21 heavy (non-hydrogen) atoms. The number of carboxylic acid groups (broad SMARTS) is 1. The van der Waals surface area contributed by atoms with E-state index >= 15 is 0 Å². The molecule has 0 saturated carbocycles. The predicted octanol–water partition coefficient (Wildman–Crippen LogP) is 1.83. The van der Waals surface area contributed by atoms with Crippen molar-refractivity contribution >= 4 is 22.1 Å². The highest BCUT2D eigenvalue weighted by atomic mass is 32.2. The quantitative estimate of drug-likeness (QED) is 0.642. The average molecular weight is 316 g/mol. The second kappa shape index (κ2) is 5.82. The highest BCUT2D eigenvalue weighted by Gasteiger charge is 2.20. The normalized spacial score (nSPS) is 12.0. The summed E-state index contributed by atoms with van der Waals surface area (Å²) in [5, 5.41) is 8.91. The minimum Gasteiger partial charge on any atom is -0.478 e. The Labute approximate surface area is 122 Å². The minimum absolute atomic E-state index is 0.0738. The van der Waals surface area contributed by atoms with E-state index in [4.69, 9.17) is 14.4 Å². The van der Waals surface area contributed by atoms with Crippen molar-refractivity contribution in [3.8, 4) is 0 Å². The van der Waals surface area contributed by atoms with Gasteiger partial charge in [-0.2, -0.15) is 8.42 Å². The molecule has 0 fully saturated rings. The van der Waals surface area contributed by atoms with Crippen LogP contribution in [0.25, 0.3) is 0 Å². The van der Waals surface area contributed by atoms with E-state index in [9.17, 15) is 18.0 Å². The zero-order valence-electron chi connectivity index (χ0n) is 11.8. The zero-order valence-corrected chi connectivity index (χ0v) is 12.6. The molecule has 8 heteroatoms. The molecule has 0 aliphatic heterocycles. The summed E-state index contributed by atoms with van der Waals surface area (Å²) >= 11 is 0. The van der Waals surface area contributed by atoms with Crippen LogP contribution in [0, 0.1) is 5.41 Å². The Hall–Kier alpha value is -1.93. The number of esters is 1. The fourth-order valence-electron chi connectivity index (χ4n) is 1.35. The second-order valence-electron chi connectivity index (χ2n) is 5.66. The van der Waals surface area contributed by atoms with E-state index in [1.807, 2.05) is 20.8 Å². The fraction of sp³-hybridized carbons (Fsp3) is 0.385. The molecule has 0 heterocycles. The van der Waals surface area contributed by atoms with Crippen LogP contribution in [0.15, 0.2) is 23.1 Å². The molecular weight excluding hydrogens is 300 g/mol. The van der Waals surface area contributed by atoms with Crippen LogP contribution in [-0.4, -0.2) is 36.6 Å². The summed E-state index contributed by atoms with van der Waals surface area (Å²) < 4.78 is 36.2. The number of carbonyl (C=O) groups is 2. The molecule has 1 aromatic rings. The molecule has 2 N–H and O–H groups in total. The van der Waals surface area contributed by atoms with Gasteiger partial charge in [0.25, 0.3) is 10.1 Å². The van der Waals surface area contributed by atoms with Gasteiger partial charge in [0.05, 0.1) is 22.6 Å². The average Bonchev–Trinajstić information content (AvgIpc) is 2.33. The molecule has 0 aliphatic carbocycles. The van der Waals surface area contributed by atoms with E-state index in [1.165, 1.54) is 0 Å². The number of carbonyl (C=O) groups excluding carboxylic acids is 1. The fourth-order valence-corrected chi connectivity index (χ4v) is 1.91. The lowest BCUT2D eigenvalue weighted by atomic mass is 9.99. The molecule has 0 aromatic heterocycles. The summed E-state index contributed by atoms with van der Waals surface area (Å²) in [4.78, 5) is 22.1. The zero-order chi connectivity index (χ0) is 16.4. The van der Waals surface area contributed by atoms with Crippen LogP contribution in [0.2, 0.25) is 0 Å². The van der Waals surface area contributed by atoms with Gasteiger partial charge in [-0.15, -0.1) is 0 Å². The van der Waals surface area contributed by atoms with Crippen molar-refractivity contribution in [3.05, 3.63) is 29.3 Å². The third-order valence-corrected chi connectivity index (χ3v) is 3.15. The lowest BCUT2D eigenvalue weighted by molar-refractivity contribution is 0.0366. The van der Waals surface area contributed by atoms with Gasteiger partial charge in [-0.25, -0.2) is 9.59 Å². The van der Waals surface area contributed by atoms with Gasteiger partial charge < -0.3 is 9.84 Å². The molecule has 0 unspecified atom stereocenters. The lowest BCUT2D eigenvalue weighted by Gasteiger charge is -2.18. The molecule has 0 aliphatic rings. The second-order valence-corrected chi connectivity index (χ2v) is 7.08. The third kappa shape index (κ3) is 5.16. The van der Waals surface area contributed by atoms with E-state index in [0.717, 1.165) is 18.2 Å². The molecule has 116 valence electrons. The van der Waals surface area contributed by atoms with E-state index < -0.39 is 32.5 Å². The number of ether oxygens (including phenoxy) is 1. The SMILES string of the molecule is CC(C)(C)COC(=O)c1cc(C(=O)O)cc(S(=O)(=O)O)c1. The van der Waals surface area contributed by atoms with Crippen molar-refractivity contribution in [1.82, 2.24) is 0 Å². The number of carboxylic acids is 1. The number of hydrogen-bond acceptors (Lipinski definition) is 5. The van der Waals surface area contributed by atoms with Crippen LogP contribution in [-0.2, 0) is 14.9 Å². The van der Waals surface area contributed by atoms with Crippen molar-refractivity contribution in [2.75, 3.05) is 6.61 Å². The lowest BCUT2D eigenvalue weighted by Crippen LogP contribution is -2.19. The van der Waals surface area contributed by atoms with Crippen molar-refractivity contribution in [1.29, 1.82) is 0 Å². The number of rotatable bonds is 4. The summed E-state index contributed by atoms with van der Waals surface area (Å²) in [5.74, 6) is -2.29. The summed E-state index contributed by atoms with van der Waals surface area (Å²) in [6, 6.07) is 2.62. The van der Waals surface area contributed by atoms with E-state index in [1.54, 1.807) is 0 Å². The van der Waals surface area contributed by atoms with E-state index in [0.29, 0.717) is 0 Å². The van der Waals surface area contributed by atoms with Gasteiger partial charge in [0.15, 0.2) is 0 Å². The predicted molar refractivity (Wildman–Crippen MR) is 73.0 cm³/mol. The van der Waals surface area contributed by atoms with Crippen molar-refractivity contribution in [2.24, 2.45) is 5.41 Å². The summed E-state index contributed by atoms with van der Waals surface area (Å²) in [5.41, 5.74) is -0.994. The maximum absolute atomic E-state index is 11.9. The minimum atomic E-state index is -4.63. The highest BCUT2D eigenvalue weighted by Crippen LogP contribution is 2.18. The largest absolute Gasteiger partial charge is 0.478 e. The summed E-state index contributed by atoms with van der Waals surface area (Å²) in [6.07, 6.45) is 0. The first-order valence-electron chi connectivity index (χ1n) is 5.93. The Morgan fingerprint density at radius 1 is 1.14 bits per heavy atom. The van der Waals surface area contributed by atoms with E-state index in [2.05, 4.69) is 0 Å². The molecule has 0 radical (unpaired) electrons. The third-order valence-electron chi connectivity index (χ3n) is 2.32. The first kappa shape index (κ1) is 17.1. The van der Waals surface area contributed by atoms with Crippen LogP contribution in [0.4, 0.5) is 0 Å². The number of hydrogen-bond donors (Lipinski definition) is 2. The molecule has 0 amide bonds. The van der Waals surface area contributed by atoms with Crippen LogP contribution in [0.5, 0.6) is 0 Å². The van der Waals surface area contributed by atoms with Crippen molar-refractivity contribution in [3.63, 3.8) is 0 Å². The monoisotopic (exact) mass is 316 g/mol. The molecule has 0 saturated heterocycles. The maximum atomic E-state index is 11.9. The molecule has 7 nitrogen and oxygen atoms in total. The highest BCUT2D eigenvalue weighted by molar-refractivity contribution is 7.85. The smallest absolute Gasteiger partial charge is 0.338 e. The standard InChI is InChI=1S/C13H16O7S/c1-13(2,3)7-20-12(16)9-4-8(11(14)15)5-10(6-9)21(17,18)19/h4-6H,7H2,1-3H3,(H,14,15)(H,17,18,19).